The number of guanidine groups is 1. The zero-order valence-electron chi connectivity index (χ0n) is 11.9. The largest absolute Gasteiger partial charge is 0.573 e. The van der Waals surface area contributed by atoms with E-state index in [4.69, 9.17) is 5.73 Å². The van der Waals surface area contributed by atoms with E-state index in [1.165, 1.54) is 24.3 Å². The number of hydrogen-bond donors (Lipinski definition) is 2. The molecule has 1 aromatic carbocycles. The third kappa shape index (κ3) is 8.46. The van der Waals surface area contributed by atoms with Gasteiger partial charge in [0.15, 0.2) is 5.96 Å². The molecule has 0 aromatic heterocycles. The van der Waals surface area contributed by atoms with Crippen molar-refractivity contribution in [3.05, 3.63) is 42.5 Å². The van der Waals surface area contributed by atoms with Gasteiger partial charge in [-0.15, -0.1) is 19.8 Å². The van der Waals surface area contributed by atoms with Gasteiger partial charge in [0.05, 0.1) is 6.54 Å². The average Bonchev–Trinajstić information content (AvgIpc) is 2.45. The van der Waals surface area contributed by atoms with Crippen molar-refractivity contribution in [2.24, 2.45) is 10.7 Å². The van der Waals surface area contributed by atoms with Gasteiger partial charge >= 0.3 is 6.36 Å². The summed E-state index contributed by atoms with van der Waals surface area (Å²) in [6.07, 6.45) is -2.86. The van der Waals surface area contributed by atoms with Crippen LogP contribution in [0.1, 0.15) is 5.56 Å². The SMILES string of the molecule is C=CCSCCNC(N)=NCc1ccc(OC(F)(F)F)cc1. The predicted octanol–water partition coefficient (Wildman–Crippen LogP) is 2.91. The second-order valence-electron chi connectivity index (χ2n) is 4.18. The summed E-state index contributed by atoms with van der Waals surface area (Å²) >= 11 is 1.72. The van der Waals surface area contributed by atoms with Gasteiger partial charge in [0.2, 0.25) is 0 Å². The number of alkyl halides is 3. The molecule has 0 aliphatic carbocycles. The van der Waals surface area contributed by atoms with E-state index in [9.17, 15) is 13.2 Å². The van der Waals surface area contributed by atoms with Crippen molar-refractivity contribution in [2.75, 3.05) is 18.1 Å². The molecular formula is C14H18F3N3OS. The highest BCUT2D eigenvalue weighted by Gasteiger charge is 2.30. The summed E-state index contributed by atoms with van der Waals surface area (Å²) in [7, 11) is 0. The highest BCUT2D eigenvalue weighted by atomic mass is 32.2. The topological polar surface area (TPSA) is 59.6 Å². The van der Waals surface area contributed by atoms with Gasteiger partial charge in [-0.25, -0.2) is 4.99 Å². The number of thioether (sulfide) groups is 1. The Labute approximate surface area is 131 Å². The molecule has 8 heteroatoms. The monoisotopic (exact) mass is 333 g/mol. The van der Waals surface area contributed by atoms with Crippen molar-refractivity contribution in [3.63, 3.8) is 0 Å². The molecule has 0 bridgehead atoms. The van der Waals surface area contributed by atoms with Gasteiger partial charge in [-0.3, -0.25) is 0 Å². The van der Waals surface area contributed by atoms with Gasteiger partial charge in [0.25, 0.3) is 0 Å². The summed E-state index contributed by atoms with van der Waals surface area (Å²) in [5.74, 6) is 1.80. The maximum absolute atomic E-state index is 12.0. The molecule has 1 rings (SSSR count). The number of rotatable bonds is 8. The molecule has 0 amide bonds. The molecule has 0 aliphatic heterocycles. The van der Waals surface area contributed by atoms with Gasteiger partial charge in [0, 0.05) is 18.1 Å². The smallest absolute Gasteiger partial charge is 0.406 e. The van der Waals surface area contributed by atoms with Crippen molar-refractivity contribution >= 4 is 17.7 Å². The van der Waals surface area contributed by atoms with Gasteiger partial charge in [-0.2, -0.15) is 11.8 Å². The minimum Gasteiger partial charge on any atom is -0.406 e. The quantitative estimate of drug-likeness (QED) is 0.332. The minimum absolute atomic E-state index is 0.259. The van der Waals surface area contributed by atoms with Gasteiger partial charge < -0.3 is 15.8 Å². The summed E-state index contributed by atoms with van der Waals surface area (Å²) in [5, 5.41) is 2.95. The van der Waals surface area contributed by atoms with Crippen LogP contribution in [0.3, 0.4) is 0 Å². The van der Waals surface area contributed by atoms with Gasteiger partial charge in [0.1, 0.15) is 5.75 Å². The van der Waals surface area contributed by atoms with Crippen LogP contribution in [-0.4, -0.2) is 30.4 Å². The highest BCUT2D eigenvalue weighted by molar-refractivity contribution is 7.99. The maximum Gasteiger partial charge on any atom is 0.573 e. The first-order valence-corrected chi connectivity index (χ1v) is 7.63. The molecule has 4 nitrogen and oxygen atoms in total. The third-order valence-electron chi connectivity index (χ3n) is 2.38. The van der Waals surface area contributed by atoms with Crippen LogP contribution in [0.4, 0.5) is 13.2 Å². The molecule has 0 radical (unpaired) electrons. The van der Waals surface area contributed by atoms with Gasteiger partial charge in [-0.1, -0.05) is 18.2 Å². The van der Waals surface area contributed by atoms with Crippen LogP contribution in [0.2, 0.25) is 0 Å². The zero-order chi connectivity index (χ0) is 16.4. The van der Waals surface area contributed by atoms with Gasteiger partial charge in [-0.05, 0) is 17.7 Å². The number of hydrogen-bond acceptors (Lipinski definition) is 3. The lowest BCUT2D eigenvalue weighted by atomic mass is 10.2. The normalized spacial score (nSPS) is 12.0. The average molecular weight is 333 g/mol. The number of benzene rings is 1. The molecule has 0 heterocycles. The Kier molecular flexibility index (Phi) is 7.65. The molecule has 0 saturated heterocycles. The lowest BCUT2D eigenvalue weighted by Gasteiger charge is -2.09. The molecular weight excluding hydrogens is 315 g/mol. The van der Waals surface area contributed by atoms with E-state index in [2.05, 4.69) is 21.6 Å². The number of nitrogens with zero attached hydrogens (tertiary/aromatic N) is 1. The van der Waals surface area contributed by atoms with Crippen LogP contribution in [0.5, 0.6) is 5.75 Å². The van der Waals surface area contributed by atoms with Crippen LogP contribution >= 0.6 is 11.8 Å². The molecule has 122 valence electrons. The number of nitrogens with one attached hydrogen (secondary N) is 1. The lowest BCUT2D eigenvalue weighted by molar-refractivity contribution is -0.274. The lowest BCUT2D eigenvalue weighted by Crippen LogP contribution is -2.33. The van der Waals surface area contributed by atoms with Crippen molar-refractivity contribution in [1.29, 1.82) is 0 Å². The summed E-state index contributed by atoms with van der Waals surface area (Å²) < 4.78 is 39.8. The van der Waals surface area contributed by atoms with Crippen LogP contribution in [0.15, 0.2) is 41.9 Å². The van der Waals surface area contributed by atoms with Crippen LogP contribution in [-0.2, 0) is 6.54 Å². The highest BCUT2D eigenvalue weighted by Crippen LogP contribution is 2.22. The molecule has 0 aliphatic rings. The van der Waals surface area contributed by atoms with Crippen LogP contribution in [0.25, 0.3) is 0 Å². The third-order valence-corrected chi connectivity index (χ3v) is 3.34. The number of aliphatic imine (C=N–C) groups is 1. The Balaban J connectivity index is 2.36. The standard InChI is InChI=1S/C14H18F3N3OS/c1-2-8-22-9-7-19-13(18)20-10-11-3-5-12(6-4-11)21-14(15,16)17/h2-6H,1,7-10H2,(H3,18,19,20). The van der Waals surface area contributed by atoms with E-state index in [0.717, 1.165) is 17.1 Å². The Morgan fingerprint density at radius 3 is 2.64 bits per heavy atom. The predicted molar refractivity (Wildman–Crippen MR) is 84.0 cm³/mol. The molecule has 0 fully saturated rings. The Hall–Kier alpha value is -1.83. The minimum atomic E-state index is -4.68. The molecule has 3 N–H and O–H groups in total. The summed E-state index contributed by atoms with van der Waals surface area (Å²) in [6.45, 7) is 4.59. The fourth-order valence-corrected chi connectivity index (χ4v) is 2.03. The second-order valence-corrected chi connectivity index (χ2v) is 5.33. The number of ether oxygens (including phenoxy) is 1. The first kappa shape index (κ1) is 18.2. The van der Waals surface area contributed by atoms with Crippen molar-refractivity contribution in [2.45, 2.75) is 12.9 Å². The Morgan fingerprint density at radius 2 is 2.05 bits per heavy atom. The molecule has 22 heavy (non-hydrogen) atoms. The van der Waals surface area contributed by atoms with E-state index in [1.807, 2.05) is 6.08 Å². The maximum atomic E-state index is 12.0. The van der Waals surface area contributed by atoms with E-state index in [-0.39, 0.29) is 12.3 Å². The molecule has 0 atom stereocenters. The molecule has 0 unspecified atom stereocenters. The van der Waals surface area contributed by atoms with Crippen molar-refractivity contribution in [1.82, 2.24) is 5.32 Å². The van der Waals surface area contributed by atoms with Crippen molar-refractivity contribution < 1.29 is 17.9 Å². The molecule has 1 aromatic rings. The first-order chi connectivity index (χ1) is 10.4. The summed E-state index contributed by atoms with van der Waals surface area (Å²) in [5.41, 5.74) is 6.42. The van der Waals surface area contributed by atoms with E-state index >= 15 is 0 Å². The number of nitrogens with two attached hydrogens (primary N) is 1. The Morgan fingerprint density at radius 1 is 1.36 bits per heavy atom. The zero-order valence-corrected chi connectivity index (χ0v) is 12.7. The molecule has 0 saturated carbocycles. The fourth-order valence-electron chi connectivity index (χ4n) is 1.45. The van der Waals surface area contributed by atoms with E-state index in [0.29, 0.717) is 12.5 Å². The second kappa shape index (κ2) is 9.24. The van der Waals surface area contributed by atoms with Crippen LogP contribution in [0, 0.1) is 0 Å². The summed E-state index contributed by atoms with van der Waals surface area (Å²) in [6, 6.07) is 5.51. The molecule has 0 spiro atoms. The van der Waals surface area contributed by atoms with E-state index in [1.54, 1.807) is 11.8 Å². The fraction of sp³-hybridized carbons (Fsp3) is 0.357. The Bertz CT molecular complexity index is 489. The summed E-state index contributed by atoms with van der Waals surface area (Å²) in [4.78, 5) is 4.11. The first-order valence-electron chi connectivity index (χ1n) is 6.48. The van der Waals surface area contributed by atoms with Crippen LogP contribution < -0.4 is 15.8 Å². The number of halogens is 3. The van der Waals surface area contributed by atoms with Crippen molar-refractivity contribution in [3.8, 4) is 5.75 Å². The van der Waals surface area contributed by atoms with E-state index < -0.39 is 6.36 Å².